The summed E-state index contributed by atoms with van der Waals surface area (Å²) < 4.78 is 40.9. The van der Waals surface area contributed by atoms with Crippen LogP contribution in [0.1, 0.15) is 73.1 Å². The number of nitrogens with one attached hydrogen (secondary N) is 4. The van der Waals surface area contributed by atoms with Gasteiger partial charge in [-0.25, -0.2) is 0 Å². The first kappa shape index (κ1) is 32.0. The molecule has 1 saturated carbocycles. The van der Waals surface area contributed by atoms with Gasteiger partial charge in [-0.05, 0) is 86.4 Å². The third kappa shape index (κ3) is 8.57. The number of nitrogens with two attached hydrogens (primary N) is 1. The molecule has 8 nitrogen and oxygen atoms in total. The summed E-state index contributed by atoms with van der Waals surface area (Å²) >= 11 is 0. The summed E-state index contributed by atoms with van der Waals surface area (Å²) in [5.41, 5.74) is 6.32. The predicted octanol–water partition coefficient (Wildman–Crippen LogP) is 4.39. The van der Waals surface area contributed by atoms with Crippen LogP contribution in [-0.4, -0.2) is 42.8 Å². The molecule has 1 aliphatic carbocycles. The Hall–Kier alpha value is -3.91. The molecule has 1 heterocycles. The van der Waals surface area contributed by atoms with Crippen molar-refractivity contribution in [2.24, 2.45) is 17.6 Å². The Labute approximate surface area is 250 Å². The van der Waals surface area contributed by atoms with Crippen LogP contribution < -0.4 is 21.7 Å². The van der Waals surface area contributed by atoms with Gasteiger partial charge in [0.25, 0.3) is 0 Å². The molecule has 0 aromatic heterocycles. The molecule has 6 N–H and O–H groups in total. The van der Waals surface area contributed by atoms with Gasteiger partial charge in [0.1, 0.15) is 11.9 Å². The third-order valence-corrected chi connectivity index (χ3v) is 8.65. The van der Waals surface area contributed by atoms with Gasteiger partial charge < -0.3 is 21.7 Å². The highest BCUT2D eigenvalue weighted by Gasteiger charge is 2.37. The number of carbonyl (C=O) groups excluding carboxylic acids is 2. The molecular weight excluding hydrogens is 557 g/mol. The Balaban J connectivity index is 1.63. The minimum Gasteiger partial charge on any atom is -0.386 e. The maximum absolute atomic E-state index is 14.0. The minimum absolute atomic E-state index is 0.0142. The van der Waals surface area contributed by atoms with Gasteiger partial charge in [-0.1, -0.05) is 49.6 Å². The second-order valence-corrected chi connectivity index (χ2v) is 11.6. The number of alkyl halides is 3. The SMILES string of the molecule is N#Cc1ccc(CC(C(=O)NC(C(=O)NC(C(=N)N)C2CCNCC2)C2CCCCC2)c2cccc(C(F)(F)F)c2)cc1. The van der Waals surface area contributed by atoms with E-state index in [1.54, 1.807) is 24.3 Å². The number of benzene rings is 2. The lowest BCUT2D eigenvalue weighted by Crippen LogP contribution is -2.58. The Morgan fingerprint density at radius 2 is 1.58 bits per heavy atom. The number of hydrogen-bond donors (Lipinski definition) is 5. The van der Waals surface area contributed by atoms with Crippen LogP contribution in [0.2, 0.25) is 0 Å². The molecule has 230 valence electrons. The molecule has 2 aliphatic rings. The number of carbonyl (C=O) groups is 2. The van der Waals surface area contributed by atoms with Crippen LogP contribution in [0, 0.1) is 28.6 Å². The van der Waals surface area contributed by atoms with Crippen molar-refractivity contribution in [3.05, 3.63) is 70.8 Å². The van der Waals surface area contributed by atoms with Crippen LogP contribution in [0.15, 0.2) is 48.5 Å². The Morgan fingerprint density at radius 1 is 0.953 bits per heavy atom. The number of nitriles is 1. The van der Waals surface area contributed by atoms with Crippen LogP contribution >= 0.6 is 0 Å². The lowest BCUT2D eigenvalue weighted by molar-refractivity contribution is -0.137. The van der Waals surface area contributed by atoms with Gasteiger partial charge >= 0.3 is 6.18 Å². The van der Waals surface area contributed by atoms with Gasteiger partial charge in [-0.3, -0.25) is 15.0 Å². The van der Waals surface area contributed by atoms with Gasteiger partial charge in [-0.2, -0.15) is 18.4 Å². The molecule has 2 fully saturated rings. The van der Waals surface area contributed by atoms with E-state index in [1.165, 1.54) is 12.1 Å². The Morgan fingerprint density at radius 3 is 2.19 bits per heavy atom. The number of halogens is 3. The molecule has 4 rings (SSSR count). The van der Waals surface area contributed by atoms with E-state index in [2.05, 4.69) is 16.0 Å². The lowest BCUT2D eigenvalue weighted by Gasteiger charge is -2.35. The average Bonchev–Trinajstić information content (AvgIpc) is 3.01. The van der Waals surface area contributed by atoms with Crippen LogP contribution in [0.5, 0.6) is 0 Å². The van der Waals surface area contributed by atoms with Gasteiger partial charge in [0, 0.05) is 0 Å². The number of hydrogen-bond acceptors (Lipinski definition) is 5. The third-order valence-electron chi connectivity index (χ3n) is 8.65. The molecule has 0 spiro atoms. The molecule has 2 amide bonds. The fraction of sp³-hybridized carbons (Fsp3) is 0.500. The molecule has 43 heavy (non-hydrogen) atoms. The zero-order valence-electron chi connectivity index (χ0n) is 24.1. The lowest BCUT2D eigenvalue weighted by atomic mass is 9.82. The molecule has 0 bridgehead atoms. The summed E-state index contributed by atoms with van der Waals surface area (Å²) in [5, 5.41) is 26.4. The fourth-order valence-electron chi connectivity index (χ4n) is 6.23. The number of nitrogens with zero attached hydrogens (tertiary/aromatic N) is 1. The quantitative estimate of drug-likeness (QED) is 0.204. The van der Waals surface area contributed by atoms with Crippen molar-refractivity contribution in [3.8, 4) is 6.07 Å². The predicted molar refractivity (Wildman–Crippen MR) is 157 cm³/mol. The zero-order valence-corrected chi connectivity index (χ0v) is 24.1. The molecule has 1 saturated heterocycles. The highest BCUT2D eigenvalue weighted by atomic mass is 19.4. The maximum atomic E-state index is 14.0. The molecule has 2 aromatic rings. The normalized spacial score (nSPS) is 18.6. The van der Waals surface area contributed by atoms with Crippen molar-refractivity contribution in [1.82, 2.24) is 16.0 Å². The number of rotatable bonds is 10. The van der Waals surface area contributed by atoms with E-state index < -0.39 is 41.6 Å². The van der Waals surface area contributed by atoms with Crippen molar-refractivity contribution in [3.63, 3.8) is 0 Å². The maximum Gasteiger partial charge on any atom is 0.416 e. The van der Waals surface area contributed by atoms with E-state index in [0.29, 0.717) is 11.1 Å². The Kier molecular flexibility index (Phi) is 10.8. The van der Waals surface area contributed by atoms with Crippen LogP contribution in [-0.2, 0) is 22.2 Å². The largest absolute Gasteiger partial charge is 0.416 e. The molecular formula is C32H39F3N6O2. The summed E-state index contributed by atoms with van der Waals surface area (Å²) in [4.78, 5) is 27.8. The molecule has 0 radical (unpaired) electrons. The van der Waals surface area contributed by atoms with E-state index >= 15 is 0 Å². The number of amidine groups is 1. The number of amides is 2. The van der Waals surface area contributed by atoms with Gasteiger partial charge in [0.05, 0.1) is 29.2 Å². The summed E-state index contributed by atoms with van der Waals surface area (Å²) in [7, 11) is 0. The highest BCUT2D eigenvalue weighted by molar-refractivity contribution is 5.94. The molecule has 1 aliphatic heterocycles. The topological polar surface area (TPSA) is 144 Å². The van der Waals surface area contributed by atoms with Crippen molar-refractivity contribution in [2.75, 3.05) is 13.1 Å². The Bertz CT molecular complexity index is 1310. The smallest absolute Gasteiger partial charge is 0.386 e. The molecule has 2 aromatic carbocycles. The van der Waals surface area contributed by atoms with E-state index in [4.69, 9.17) is 16.4 Å². The van der Waals surface area contributed by atoms with E-state index in [-0.39, 0.29) is 29.7 Å². The minimum atomic E-state index is -4.59. The second kappa shape index (κ2) is 14.5. The first-order valence-electron chi connectivity index (χ1n) is 14.9. The van der Waals surface area contributed by atoms with Crippen LogP contribution in [0.3, 0.4) is 0 Å². The van der Waals surface area contributed by atoms with E-state index in [1.807, 2.05) is 6.07 Å². The standard InChI is InChI=1S/C32H39F3N6O2/c33-32(34,35)25-8-4-7-24(18-25)26(17-20-9-11-21(19-36)12-10-20)30(42)41-28(22-5-2-1-3-6-22)31(43)40-27(29(37)38)23-13-15-39-16-14-23/h4,7-12,18,22-23,26-28,39H,1-3,5-6,13-17H2,(H3,37,38)(H,40,43)(H,41,42). The molecule has 11 heteroatoms. The summed E-state index contributed by atoms with van der Waals surface area (Å²) in [6, 6.07) is 11.7. The fourth-order valence-corrected chi connectivity index (χ4v) is 6.23. The monoisotopic (exact) mass is 596 g/mol. The number of piperidine rings is 1. The van der Waals surface area contributed by atoms with Crippen molar-refractivity contribution in [2.45, 2.75) is 75.5 Å². The first-order valence-corrected chi connectivity index (χ1v) is 14.9. The van der Waals surface area contributed by atoms with Crippen molar-refractivity contribution < 1.29 is 22.8 Å². The van der Waals surface area contributed by atoms with Gasteiger partial charge in [0.2, 0.25) is 11.8 Å². The van der Waals surface area contributed by atoms with Gasteiger partial charge in [-0.15, -0.1) is 0 Å². The highest BCUT2D eigenvalue weighted by Crippen LogP contribution is 2.33. The average molecular weight is 597 g/mol. The van der Waals surface area contributed by atoms with Gasteiger partial charge in [0.15, 0.2) is 0 Å². The zero-order chi connectivity index (χ0) is 31.0. The molecule has 3 atom stereocenters. The first-order chi connectivity index (χ1) is 20.6. The van der Waals surface area contributed by atoms with Crippen LogP contribution in [0.25, 0.3) is 0 Å². The summed E-state index contributed by atoms with van der Waals surface area (Å²) in [6.07, 6.45) is 1.24. The van der Waals surface area contributed by atoms with Crippen molar-refractivity contribution >= 4 is 17.6 Å². The van der Waals surface area contributed by atoms with E-state index in [9.17, 15) is 22.8 Å². The summed E-state index contributed by atoms with van der Waals surface area (Å²) in [5.74, 6) is -2.33. The van der Waals surface area contributed by atoms with Crippen LogP contribution in [0.4, 0.5) is 13.2 Å². The summed E-state index contributed by atoms with van der Waals surface area (Å²) in [6.45, 7) is 1.50. The molecule has 3 unspecified atom stereocenters. The van der Waals surface area contributed by atoms with Crippen molar-refractivity contribution in [1.29, 1.82) is 10.7 Å². The van der Waals surface area contributed by atoms with E-state index in [0.717, 1.165) is 70.2 Å². The second-order valence-electron chi connectivity index (χ2n) is 11.6.